The standard InChI is InChI=1S/C18H33N2O4P/c1-3-5-7-9-15-13-16(20-12-8-6-4-2)10-11-17(15)18(19)14-24-25(21,22)23/h10-11,13,18,20H,3-9,12,14,19H2,1-2H3,(H2,21,22,23). The molecule has 7 heteroatoms. The zero-order valence-corrected chi connectivity index (χ0v) is 16.3. The Balaban J connectivity index is 2.80. The van der Waals surface area contributed by atoms with E-state index in [9.17, 15) is 4.57 Å². The summed E-state index contributed by atoms with van der Waals surface area (Å²) in [5.41, 5.74) is 9.19. The SMILES string of the molecule is CCCCCNc1ccc(C(N)COP(=O)(O)O)c(CCCCC)c1. The summed E-state index contributed by atoms with van der Waals surface area (Å²) in [4.78, 5) is 17.7. The van der Waals surface area contributed by atoms with Gasteiger partial charge in [-0.1, -0.05) is 45.6 Å². The van der Waals surface area contributed by atoms with Crippen molar-refractivity contribution in [3.63, 3.8) is 0 Å². The minimum atomic E-state index is -4.50. The van der Waals surface area contributed by atoms with Crippen LogP contribution in [-0.2, 0) is 15.5 Å². The fourth-order valence-electron chi connectivity index (χ4n) is 2.73. The zero-order chi connectivity index (χ0) is 18.7. The Kier molecular flexibility index (Phi) is 10.3. The van der Waals surface area contributed by atoms with E-state index in [2.05, 4.69) is 29.8 Å². The van der Waals surface area contributed by atoms with Gasteiger partial charge in [0.1, 0.15) is 0 Å². The van der Waals surface area contributed by atoms with Crippen LogP contribution in [0.15, 0.2) is 18.2 Å². The van der Waals surface area contributed by atoms with Gasteiger partial charge in [-0.15, -0.1) is 0 Å². The van der Waals surface area contributed by atoms with Gasteiger partial charge in [-0.2, -0.15) is 0 Å². The molecule has 6 nitrogen and oxygen atoms in total. The monoisotopic (exact) mass is 372 g/mol. The molecule has 0 fully saturated rings. The second-order valence-corrected chi connectivity index (χ2v) is 7.64. The Bertz CT molecular complexity index is 548. The number of phosphoric acid groups is 1. The molecular formula is C18H33N2O4P. The summed E-state index contributed by atoms with van der Waals surface area (Å²) >= 11 is 0. The van der Waals surface area contributed by atoms with Crippen LogP contribution >= 0.6 is 7.82 Å². The van der Waals surface area contributed by atoms with Crippen LogP contribution in [0.3, 0.4) is 0 Å². The molecule has 5 N–H and O–H groups in total. The summed E-state index contributed by atoms with van der Waals surface area (Å²) in [6, 6.07) is 5.46. The van der Waals surface area contributed by atoms with Gasteiger partial charge in [0, 0.05) is 12.2 Å². The number of hydrogen-bond acceptors (Lipinski definition) is 4. The third-order valence-corrected chi connectivity index (χ3v) is 4.61. The number of nitrogens with one attached hydrogen (secondary N) is 1. The summed E-state index contributed by atoms with van der Waals surface area (Å²) < 4.78 is 15.5. The maximum absolute atomic E-state index is 10.9. The van der Waals surface area contributed by atoms with Crippen molar-refractivity contribution in [2.24, 2.45) is 5.73 Å². The molecule has 1 unspecified atom stereocenters. The second-order valence-electron chi connectivity index (χ2n) is 6.40. The zero-order valence-electron chi connectivity index (χ0n) is 15.4. The molecule has 0 bridgehead atoms. The molecule has 0 heterocycles. The highest BCUT2D eigenvalue weighted by Crippen LogP contribution is 2.37. The van der Waals surface area contributed by atoms with E-state index in [1.54, 1.807) is 0 Å². The first-order chi connectivity index (χ1) is 11.9. The van der Waals surface area contributed by atoms with Gasteiger partial charge in [-0.25, -0.2) is 4.57 Å². The van der Waals surface area contributed by atoms with Crippen molar-refractivity contribution >= 4 is 13.5 Å². The lowest BCUT2D eigenvalue weighted by Crippen LogP contribution is -2.18. The quantitative estimate of drug-likeness (QED) is 0.306. The molecule has 0 amide bonds. The van der Waals surface area contributed by atoms with Crippen LogP contribution < -0.4 is 11.1 Å². The minimum absolute atomic E-state index is 0.200. The third-order valence-electron chi connectivity index (χ3n) is 4.12. The van der Waals surface area contributed by atoms with E-state index in [1.165, 1.54) is 12.8 Å². The lowest BCUT2D eigenvalue weighted by atomic mass is 9.96. The van der Waals surface area contributed by atoms with E-state index in [0.717, 1.165) is 55.5 Å². The van der Waals surface area contributed by atoms with Crippen molar-refractivity contribution < 1.29 is 18.9 Å². The minimum Gasteiger partial charge on any atom is -0.385 e. The number of phosphoric ester groups is 1. The van der Waals surface area contributed by atoms with Crippen molar-refractivity contribution in [1.29, 1.82) is 0 Å². The molecule has 25 heavy (non-hydrogen) atoms. The maximum atomic E-state index is 10.9. The first kappa shape index (κ1) is 22.1. The van der Waals surface area contributed by atoms with E-state index < -0.39 is 13.9 Å². The van der Waals surface area contributed by atoms with Gasteiger partial charge < -0.3 is 20.8 Å². The van der Waals surface area contributed by atoms with Gasteiger partial charge in [-0.05, 0) is 42.5 Å². The molecule has 0 radical (unpaired) electrons. The number of anilines is 1. The Morgan fingerprint density at radius 1 is 1.16 bits per heavy atom. The number of aryl methyl sites for hydroxylation is 1. The van der Waals surface area contributed by atoms with E-state index in [-0.39, 0.29) is 6.61 Å². The molecule has 1 aromatic carbocycles. The molecule has 0 saturated heterocycles. The van der Waals surface area contributed by atoms with Crippen LogP contribution in [0.2, 0.25) is 0 Å². The van der Waals surface area contributed by atoms with Gasteiger partial charge in [0.25, 0.3) is 0 Å². The molecule has 1 aromatic rings. The number of nitrogens with two attached hydrogens (primary N) is 1. The molecule has 0 spiro atoms. The maximum Gasteiger partial charge on any atom is 0.469 e. The average molecular weight is 372 g/mol. The van der Waals surface area contributed by atoms with E-state index in [4.69, 9.17) is 15.5 Å². The van der Waals surface area contributed by atoms with E-state index in [1.807, 2.05) is 12.1 Å². The first-order valence-corrected chi connectivity index (χ1v) is 10.7. The van der Waals surface area contributed by atoms with Crippen LogP contribution in [0.4, 0.5) is 5.69 Å². The predicted molar refractivity (Wildman–Crippen MR) is 103 cm³/mol. The van der Waals surface area contributed by atoms with Crippen LogP contribution in [0.1, 0.15) is 69.5 Å². The molecule has 0 aliphatic heterocycles. The Morgan fingerprint density at radius 2 is 1.84 bits per heavy atom. The van der Waals surface area contributed by atoms with Gasteiger partial charge >= 0.3 is 7.82 Å². The first-order valence-electron chi connectivity index (χ1n) is 9.19. The largest absolute Gasteiger partial charge is 0.469 e. The van der Waals surface area contributed by atoms with Crippen molar-refractivity contribution in [3.8, 4) is 0 Å². The summed E-state index contributed by atoms with van der Waals surface area (Å²) in [5.74, 6) is 0. The number of benzene rings is 1. The predicted octanol–water partition coefficient (Wildman–Crippen LogP) is 4.13. The van der Waals surface area contributed by atoms with Gasteiger partial charge in [0.15, 0.2) is 0 Å². The van der Waals surface area contributed by atoms with Crippen molar-refractivity contribution in [3.05, 3.63) is 29.3 Å². The number of unbranched alkanes of at least 4 members (excludes halogenated alkanes) is 4. The fourth-order valence-corrected chi connectivity index (χ4v) is 3.09. The lowest BCUT2D eigenvalue weighted by molar-refractivity contribution is 0.186. The van der Waals surface area contributed by atoms with Crippen LogP contribution in [0, 0.1) is 0 Å². The Morgan fingerprint density at radius 3 is 2.48 bits per heavy atom. The molecule has 144 valence electrons. The number of hydrogen-bond donors (Lipinski definition) is 4. The Hall–Kier alpha value is -0.910. The number of rotatable bonds is 13. The van der Waals surface area contributed by atoms with Gasteiger partial charge in [0.2, 0.25) is 0 Å². The smallest absolute Gasteiger partial charge is 0.385 e. The highest BCUT2D eigenvalue weighted by atomic mass is 31.2. The molecule has 1 atom stereocenters. The molecule has 0 aromatic heterocycles. The normalized spacial score (nSPS) is 13.0. The van der Waals surface area contributed by atoms with Crippen molar-refractivity contribution in [1.82, 2.24) is 0 Å². The van der Waals surface area contributed by atoms with Gasteiger partial charge in [0.05, 0.1) is 12.6 Å². The lowest BCUT2D eigenvalue weighted by Gasteiger charge is -2.19. The third kappa shape index (κ3) is 9.38. The molecule has 0 saturated carbocycles. The fraction of sp³-hybridized carbons (Fsp3) is 0.667. The topological polar surface area (TPSA) is 105 Å². The highest BCUT2D eigenvalue weighted by molar-refractivity contribution is 7.46. The summed E-state index contributed by atoms with van der Waals surface area (Å²) in [7, 11) is -4.50. The summed E-state index contributed by atoms with van der Waals surface area (Å²) in [6.07, 6.45) is 7.78. The van der Waals surface area contributed by atoms with Crippen molar-refractivity contribution in [2.45, 2.75) is 64.8 Å². The second kappa shape index (κ2) is 11.7. The molecule has 1 rings (SSSR count). The van der Waals surface area contributed by atoms with Crippen LogP contribution in [0.25, 0.3) is 0 Å². The average Bonchev–Trinajstić information content (AvgIpc) is 2.56. The van der Waals surface area contributed by atoms with Crippen molar-refractivity contribution in [2.75, 3.05) is 18.5 Å². The van der Waals surface area contributed by atoms with E-state index >= 15 is 0 Å². The molecule has 0 aliphatic rings. The van der Waals surface area contributed by atoms with Crippen LogP contribution in [0.5, 0.6) is 0 Å². The highest BCUT2D eigenvalue weighted by Gasteiger charge is 2.19. The summed E-state index contributed by atoms with van der Waals surface area (Å²) in [5, 5.41) is 3.44. The Labute approximate surface area is 151 Å². The summed E-state index contributed by atoms with van der Waals surface area (Å²) in [6.45, 7) is 5.08. The molecule has 0 aliphatic carbocycles. The van der Waals surface area contributed by atoms with E-state index in [0.29, 0.717) is 0 Å². The van der Waals surface area contributed by atoms with Gasteiger partial charge in [-0.3, -0.25) is 4.52 Å². The molecular weight excluding hydrogens is 339 g/mol. The van der Waals surface area contributed by atoms with Crippen LogP contribution in [-0.4, -0.2) is 22.9 Å².